The number of para-hydroxylation sites is 3. The zero-order valence-corrected chi connectivity index (χ0v) is 22.6. The highest BCUT2D eigenvalue weighted by Gasteiger charge is 2.28. The molecular formula is C38H24N4. The molecule has 1 N–H and O–H groups in total. The monoisotopic (exact) mass is 536 g/mol. The molecule has 0 bridgehead atoms. The van der Waals surface area contributed by atoms with E-state index in [4.69, 9.17) is 4.99 Å². The molecule has 0 fully saturated rings. The molecule has 1 atom stereocenters. The number of nitrogens with one attached hydrogen (secondary N) is 1. The zero-order valence-electron chi connectivity index (χ0n) is 22.6. The summed E-state index contributed by atoms with van der Waals surface area (Å²) >= 11 is 0. The highest BCUT2D eigenvalue weighted by molar-refractivity contribution is 6.32. The summed E-state index contributed by atoms with van der Waals surface area (Å²) in [5.41, 5.74) is 9.40. The Bertz CT molecular complexity index is 2550. The Morgan fingerprint density at radius 3 is 2.02 bits per heavy atom. The van der Waals surface area contributed by atoms with E-state index in [0.717, 1.165) is 22.7 Å². The molecule has 0 radical (unpaired) electrons. The Kier molecular flexibility index (Phi) is 4.21. The van der Waals surface area contributed by atoms with Gasteiger partial charge in [0, 0.05) is 32.5 Å². The van der Waals surface area contributed by atoms with E-state index in [0.29, 0.717) is 0 Å². The quantitative estimate of drug-likeness (QED) is 0.223. The van der Waals surface area contributed by atoms with Gasteiger partial charge in [0.15, 0.2) is 0 Å². The van der Waals surface area contributed by atoms with Gasteiger partial charge in [-0.1, -0.05) is 103 Å². The van der Waals surface area contributed by atoms with Gasteiger partial charge in [0.25, 0.3) is 0 Å². The first-order chi connectivity index (χ1) is 20.9. The van der Waals surface area contributed by atoms with Gasteiger partial charge in [-0.05, 0) is 41.3 Å². The highest BCUT2D eigenvalue weighted by Crippen LogP contribution is 2.43. The largest absolute Gasteiger partial charge is 0.344 e. The van der Waals surface area contributed by atoms with Crippen molar-refractivity contribution in [3.05, 3.63) is 145 Å². The van der Waals surface area contributed by atoms with Crippen LogP contribution in [-0.4, -0.2) is 14.9 Å². The number of rotatable bonds is 1. The molecule has 4 heterocycles. The van der Waals surface area contributed by atoms with Gasteiger partial charge in [0.1, 0.15) is 0 Å². The van der Waals surface area contributed by atoms with Crippen molar-refractivity contribution in [3.63, 3.8) is 0 Å². The molecule has 1 aliphatic heterocycles. The predicted octanol–water partition coefficient (Wildman–Crippen LogP) is 9.17. The minimum Gasteiger partial charge on any atom is -0.344 e. The van der Waals surface area contributed by atoms with Crippen LogP contribution in [0, 0.1) is 0 Å². The van der Waals surface area contributed by atoms with Gasteiger partial charge in [0.05, 0.1) is 39.3 Å². The molecule has 0 aliphatic carbocycles. The molecule has 196 valence electrons. The van der Waals surface area contributed by atoms with Gasteiger partial charge >= 0.3 is 0 Å². The van der Waals surface area contributed by atoms with Crippen molar-refractivity contribution < 1.29 is 0 Å². The number of aromatic nitrogens is 2. The van der Waals surface area contributed by atoms with Crippen molar-refractivity contribution in [1.82, 2.24) is 14.3 Å². The van der Waals surface area contributed by atoms with E-state index in [1.54, 1.807) is 0 Å². The molecule has 9 aromatic rings. The fourth-order valence-electron chi connectivity index (χ4n) is 7.42. The highest BCUT2D eigenvalue weighted by atomic mass is 15.2. The minimum absolute atomic E-state index is 0.00425. The van der Waals surface area contributed by atoms with Crippen LogP contribution < -0.4 is 5.32 Å². The lowest BCUT2D eigenvalue weighted by Gasteiger charge is -2.28. The second-order valence-corrected chi connectivity index (χ2v) is 11.2. The first-order valence-electron chi connectivity index (χ1n) is 14.5. The number of nitrogens with zero attached hydrogens (tertiary/aromatic N) is 3. The van der Waals surface area contributed by atoms with Crippen molar-refractivity contribution in [1.29, 1.82) is 0 Å². The number of aliphatic imine (C=N–C) groups is 1. The number of benzene rings is 6. The molecule has 3 aromatic heterocycles. The van der Waals surface area contributed by atoms with E-state index >= 15 is 0 Å². The normalized spacial score (nSPS) is 15.2. The summed E-state index contributed by atoms with van der Waals surface area (Å²) in [7, 11) is 0. The average molecular weight is 537 g/mol. The first kappa shape index (κ1) is 22.1. The summed E-state index contributed by atoms with van der Waals surface area (Å²) in [5.74, 6) is 0.841. The van der Waals surface area contributed by atoms with E-state index in [9.17, 15) is 0 Å². The second-order valence-electron chi connectivity index (χ2n) is 11.2. The molecule has 4 heteroatoms. The Morgan fingerprint density at radius 1 is 0.500 bits per heavy atom. The van der Waals surface area contributed by atoms with Gasteiger partial charge in [0.2, 0.25) is 5.96 Å². The van der Waals surface area contributed by atoms with E-state index < -0.39 is 0 Å². The maximum absolute atomic E-state index is 5.25. The maximum Gasteiger partial charge on any atom is 0.209 e. The standard InChI is InChI=1S/C38H24N4/c1-2-11-23(12-3-1)36-28-14-4-6-18-29(28)39-38(40-36)42-31-20-9-15-25-27-17-8-16-26-24-13-5-7-19-30(24)41(37(26)27)32-21-10-22-33(42)35(32)34(25)31/h1-22,36H,(H,39,40). The SMILES string of the molecule is c1ccc(C2NC(n3c4cccc5c6cccc7c8ccccc8n(c8cccc3c8c54)c67)=Nc3ccccc32)cc1. The first-order valence-corrected chi connectivity index (χ1v) is 14.5. The third-order valence-electron chi connectivity index (χ3n) is 9.11. The average Bonchev–Trinajstić information content (AvgIpc) is 3.53. The summed E-state index contributed by atoms with van der Waals surface area (Å²) in [6.45, 7) is 0. The summed E-state index contributed by atoms with van der Waals surface area (Å²) in [6.07, 6.45) is 0. The van der Waals surface area contributed by atoms with Crippen molar-refractivity contribution in [2.24, 2.45) is 4.99 Å². The van der Waals surface area contributed by atoms with Crippen molar-refractivity contribution in [2.45, 2.75) is 6.04 Å². The summed E-state index contributed by atoms with van der Waals surface area (Å²) < 4.78 is 4.81. The number of hydrogen-bond donors (Lipinski definition) is 1. The van der Waals surface area contributed by atoms with Crippen LogP contribution in [0.25, 0.3) is 59.9 Å². The van der Waals surface area contributed by atoms with Crippen molar-refractivity contribution in [2.75, 3.05) is 0 Å². The third kappa shape index (κ3) is 2.74. The molecule has 10 rings (SSSR count). The fraction of sp³-hybridized carbons (Fsp3) is 0.0263. The Balaban J connectivity index is 1.38. The lowest BCUT2D eigenvalue weighted by Crippen LogP contribution is -2.36. The zero-order chi connectivity index (χ0) is 27.4. The molecule has 0 spiro atoms. The van der Waals surface area contributed by atoms with Crippen LogP contribution in [0.15, 0.2) is 138 Å². The van der Waals surface area contributed by atoms with Crippen LogP contribution in [-0.2, 0) is 0 Å². The molecule has 42 heavy (non-hydrogen) atoms. The molecule has 1 unspecified atom stereocenters. The molecule has 6 aromatic carbocycles. The Labute approximate surface area is 241 Å². The van der Waals surface area contributed by atoms with Crippen LogP contribution in [0.3, 0.4) is 0 Å². The van der Waals surface area contributed by atoms with Gasteiger partial charge in [-0.15, -0.1) is 0 Å². The van der Waals surface area contributed by atoms with Crippen LogP contribution in [0.5, 0.6) is 0 Å². The summed E-state index contributed by atoms with van der Waals surface area (Å²) in [5, 5.41) is 11.5. The lowest BCUT2D eigenvalue weighted by molar-refractivity contribution is 0.731. The van der Waals surface area contributed by atoms with Crippen LogP contribution >= 0.6 is 0 Å². The summed E-state index contributed by atoms with van der Waals surface area (Å²) in [4.78, 5) is 5.25. The molecule has 0 saturated heterocycles. The Morgan fingerprint density at radius 2 is 1.12 bits per heavy atom. The molecule has 0 saturated carbocycles. The van der Waals surface area contributed by atoms with Crippen molar-refractivity contribution in [3.8, 4) is 0 Å². The van der Waals surface area contributed by atoms with E-state index in [1.807, 2.05) is 0 Å². The molecule has 1 aliphatic rings. The predicted molar refractivity (Wildman–Crippen MR) is 174 cm³/mol. The van der Waals surface area contributed by atoms with E-state index in [2.05, 4.69) is 148 Å². The minimum atomic E-state index is -0.00425. The molecule has 0 amide bonds. The van der Waals surface area contributed by atoms with Crippen LogP contribution in [0.2, 0.25) is 0 Å². The number of hydrogen-bond acceptors (Lipinski definition) is 2. The molecule has 4 nitrogen and oxygen atoms in total. The topological polar surface area (TPSA) is 33.7 Å². The van der Waals surface area contributed by atoms with Crippen LogP contribution in [0.4, 0.5) is 5.69 Å². The van der Waals surface area contributed by atoms with Gasteiger partial charge < -0.3 is 9.72 Å². The van der Waals surface area contributed by atoms with E-state index in [-0.39, 0.29) is 6.04 Å². The third-order valence-corrected chi connectivity index (χ3v) is 9.11. The smallest absolute Gasteiger partial charge is 0.209 e. The van der Waals surface area contributed by atoms with Gasteiger partial charge in [-0.3, -0.25) is 4.57 Å². The maximum atomic E-state index is 5.25. The Hall–Kier alpha value is -5.61. The van der Waals surface area contributed by atoms with E-state index in [1.165, 1.54) is 60.0 Å². The molecular weight excluding hydrogens is 512 g/mol. The summed E-state index contributed by atoms with van der Waals surface area (Å²) in [6, 6.07) is 48.1. The van der Waals surface area contributed by atoms with Crippen molar-refractivity contribution >= 4 is 71.5 Å². The van der Waals surface area contributed by atoms with Gasteiger partial charge in [-0.2, -0.15) is 0 Å². The fourth-order valence-corrected chi connectivity index (χ4v) is 7.42. The van der Waals surface area contributed by atoms with Crippen LogP contribution in [0.1, 0.15) is 17.2 Å². The van der Waals surface area contributed by atoms with Gasteiger partial charge in [-0.25, -0.2) is 4.99 Å². The second kappa shape index (κ2) is 7.99. The lowest BCUT2D eigenvalue weighted by atomic mass is 9.96. The number of fused-ring (bicyclic) bond motifs is 6.